The van der Waals surface area contributed by atoms with Crippen molar-refractivity contribution in [2.75, 3.05) is 31.5 Å². The lowest BCUT2D eigenvalue weighted by molar-refractivity contribution is -0.116. The number of rotatable bonds is 8. The number of carbonyl (C=O) groups excluding carboxylic acids is 1. The number of carbonyl (C=O) groups is 1. The van der Waals surface area contributed by atoms with Crippen LogP contribution >= 0.6 is 0 Å². The zero-order chi connectivity index (χ0) is 15.2. The fourth-order valence-corrected chi connectivity index (χ4v) is 1.91. The van der Waals surface area contributed by atoms with Crippen LogP contribution in [0.4, 0.5) is 5.82 Å². The van der Waals surface area contributed by atoms with E-state index in [1.165, 1.54) is 0 Å². The molecular weight excluding hydrogens is 256 g/mol. The molecule has 3 N–H and O–H groups in total. The van der Waals surface area contributed by atoms with Crippen LogP contribution in [0.3, 0.4) is 0 Å². The van der Waals surface area contributed by atoms with Gasteiger partial charge in [-0.2, -0.15) is 0 Å². The standard InChI is InChI=1S/C14H26N4O2/c1-5-18(10-14(3,4)9-15)7-6-13(19)16-12-8-11(2)20-17-12/h8H,5-7,9-10,15H2,1-4H3,(H,16,17,19). The SMILES string of the molecule is CCN(CCC(=O)Nc1cc(C)on1)CC(C)(C)CN. The number of aryl methyl sites for hydroxylation is 1. The van der Waals surface area contributed by atoms with E-state index in [0.29, 0.717) is 31.1 Å². The molecule has 6 nitrogen and oxygen atoms in total. The van der Waals surface area contributed by atoms with Crippen LogP contribution in [-0.4, -0.2) is 42.1 Å². The summed E-state index contributed by atoms with van der Waals surface area (Å²) in [7, 11) is 0. The van der Waals surface area contributed by atoms with Gasteiger partial charge in [0.15, 0.2) is 5.82 Å². The summed E-state index contributed by atoms with van der Waals surface area (Å²) in [5, 5.41) is 6.46. The van der Waals surface area contributed by atoms with Crippen LogP contribution in [0.5, 0.6) is 0 Å². The largest absolute Gasteiger partial charge is 0.360 e. The lowest BCUT2D eigenvalue weighted by Crippen LogP contribution is -2.39. The molecule has 1 aromatic rings. The van der Waals surface area contributed by atoms with Gasteiger partial charge < -0.3 is 20.5 Å². The average molecular weight is 282 g/mol. The van der Waals surface area contributed by atoms with E-state index in [1.54, 1.807) is 13.0 Å². The second-order valence-electron chi connectivity index (χ2n) is 5.86. The maximum Gasteiger partial charge on any atom is 0.226 e. The van der Waals surface area contributed by atoms with Crippen molar-refractivity contribution >= 4 is 11.7 Å². The van der Waals surface area contributed by atoms with E-state index < -0.39 is 0 Å². The Labute approximate surface area is 120 Å². The van der Waals surface area contributed by atoms with E-state index in [2.05, 4.69) is 36.1 Å². The van der Waals surface area contributed by atoms with Crippen molar-refractivity contribution in [3.8, 4) is 0 Å². The van der Waals surface area contributed by atoms with Crippen LogP contribution in [0.25, 0.3) is 0 Å². The highest BCUT2D eigenvalue weighted by Crippen LogP contribution is 2.15. The highest BCUT2D eigenvalue weighted by molar-refractivity contribution is 5.89. The second kappa shape index (κ2) is 7.40. The fourth-order valence-electron chi connectivity index (χ4n) is 1.91. The van der Waals surface area contributed by atoms with Crippen molar-refractivity contribution in [2.24, 2.45) is 11.1 Å². The molecule has 0 radical (unpaired) electrons. The summed E-state index contributed by atoms with van der Waals surface area (Å²) in [5.41, 5.74) is 5.81. The van der Waals surface area contributed by atoms with Crippen LogP contribution in [0, 0.1) is 12.3 Å². The number of nitrogens with one attached hydrogen (secondary N) is 1. The highest BCUT2D eigenvalue weighted by atomic mass is 16.5. The maximum absolute atomic E-state index is 11.8. The number of anilines is 1. The monoisotopic (exact) mass is 282 g/mol. The summed E-state index contributed by atoms with van der Waals surface area (Å²) < 4.78 is 4.90. The van der Waals surface area contributed by atoms with Crippen molar-refractivity contribution in [3.05, 3.63) is 11.8 Å². The number of hydrogen-bond acceptors (Lipinski definition) is 5. The molecule has 0 aromatic carbocycles. The third-order valence-electron chi connectivity index (χ3n) is 3.20. The summed E-state index contributed by atoms with van der Waals surface area (Å²) in [5.74, 6) is 1.10. The first-order valence-corrected chi connectivity index (χ1v) is 7.02. The molecule has 0 aliphatic heterocycles. The smallest absolute Gasteiger partial charge is 0.226 e. The van der Waals surface area contributed by atoms with Crippen LogP contribution in [-0.2, 0) is 4.79 Å². The molecule has 0 spiro atoms. The van der Waals surface area contributed by atoms with E-state index in [0.717, 1.165) is 13.1 Å². The Hall–Kier alpha value is -1.40. The molecule has 114 valence electrons. The average Bonchev–Trinajstić information content (AvgIpc) is 2.79. The molecule has 0 unspecified atom stereocenters. The van der Waals surface area contributed by atoms with Crippen molar-refractivity contribution in [1.29, 1.82) is 0 Å². The summed E-state index contributed by atoms with van der Waals surface area (Å²) in [6.45, 7) is 11.3. The predicted molar refractivity (Wildman–Crippen MR) is 79.4 cm³/mol. The molecule has 0 bridgehead atoms. The van der Waals surface area contributed by atoms with E-state index in [4.69, 9.17) is 10.3 Å². The van der Waals surface area contributed by atoms with Gasteiger partial charge in [0, 0.05) is 25.6 Å². The van der Waals surface area contributed by atoms with Crippen LogP contribution < -0.4 is 11.1 Å². The molecule has 1 rings (SSSR count). The fraction of sp³-hybridized carbons (Fsp3) is 0.714. The van der Waals surface area contributed by atoms with Crippen LogP contribution in [0.1, 0.15) is 33.0 Å². The lowest BCUT2D eigenvalue weighted by atomic mass is 9.93. The van der Waals surface area contributed by atoms with Gasteiger partial charge in [0.05, 0.1) is 0 Å². The number of amides is 1. The minimum atomic E-state index is -0.0534. The number of hydrogen-bond donors (Lipinski definition) is 2. The first-order valence-electron chi connectivity index (χ1n) is 7.02. The van der Waals surface area contributed by atoms with Gasteiger partial charge in [0.2, 0.25) is 5.91 Å². The van der Waals surface area contributed by atoms with Crippen molar-refractivity contribution in [1.82, 2.24) is 10.1 Å². The molecule has 1 heterocycles. The molecule has 0 saturated carbocycles. The van der Waals surface area contributed by atoms with Gasteiger partial charge in [-0.05, 0) is 25.4 Å². The molecule has 0 aliphatic rings. The van der Waals surface area contributed by atoms with Gasteiger partial charge >= 0.3 is 0 Å². The van der Waals surface area contributed by atoms with Crippen LogP contribution in [0.2, 0.25) is 0 Å². The topological polar surface area (TPSA) is 84.4 Å². The number of aromatic nitrogens is 1. The van der Waals surface area contributed by atoms with Gasteiger partial charge in [-0.15, -0.1) is 0 Å². The minimum Gasteiger partial charge on any atom is -0.360 e. The number of nitrogens with two attached hydrogens (primary N) is 1. The summed E-state index contributed by atoms with van der Waals surface area (Å²) in [4.78, 5) is 14.1. The third kappa shape index (κ3) is 5.71. The van der Waals surface area contributed by atoms with E-state index >= 15 is 0 Å². The highest BCUT2D eigenvalue weighted by Gasteiger charge is 2.19. The van der Waals surface area contributed by atoms with Crippen molar-refractivity contribution in [3.63, 3.8) is 0 Å². The van der Waals surface area contributed by atoms with Crippen molar-refractivity contribution < 1.29 is 9.32 Å². The lowest BCUT2D eigenvalue weighted by Gasteiger charge is -2.30. The molecule has 6 heteroatoms. The first kappa shape index (κ1) is 16.7. The Morgan fingerprint density at radius 1 is 1.55 bits per heavy atom. The summed E-state index contributed by atoms with van der Waals surface area (Å²) >= 11 is 0. The molecule has 0 atom stereocenters. The van der Waals surface area contributed by atoms with Gasteiger partial charge in [-0.1, -0.05) is 25.9 Å². The van der Waals surface area contributed by atoms with Gasteiger partial charge in [-0.25, -0.2) is 0 Å². The first-order chi connectivity index (χ1) is 9.36. The van der Waals surface area contributed by atoms with Crippen molar-refractivity contribution in [2.45, 2.75) is 34.1 Å². The van der Waals surface area contributed by atoms with Crippen LogP contribution in [0.15, 0.2) is 10.6 Å². The van der Waals surface area contributed by atoms with E-state index in [1.807, 2.05) is 0 Å². The van der Waals surface area contributed by atoms with Gasteiger partial charge in [-0.3, -0.25) is 4.79 Å². The summed E-state index contributed by atoms with van der Waals surface area (Å²) in [6, 6.07) is 1.70. The quantitative estimate of drug-likeness (QED) is 0.757. The van der Waals surface area contributed by atoms with Gasteiger partial charge in [0.25, 0.3) is 0 Å². The Morgan fingerprint density at radius 2 is 2.25 bits per heavy atom. The Morgan fingerprint density at radius 3 is 2.75 bits per heavy atom. The Balaban J connectivity index is 2.38. The molecule has 1 aromatic heterocycles. The zero-order valence-electron chi connectivity index (χ0n) is 12.9. The maximum atomic E-state index is 11.8. The third-order valence-corrected chi connectivity index (χ3v) is 3.20. The predicted octanol–water partition coefficient (Wildman–Crippen LogP) is 1.62. The Kier molecular flexibility index (Phi) is 6.16. The molecule has 1 amide bonds. The Bertz CT molecular complexity index is 429. The normalized spacial score (nSPS) is 11.9. The second-order valence-corrected chi connectivity index (χ2v) is 5.86. The van der Waals surface area contributed by atoms with E-state index in [-0.39, 0.29) is 11.3 Å². The molecule has 0 saturated heterocycles. The minimum absolute atomic E-state index is 0.0534. The molecule has 0 fully saturated rings. The molecule has 0 aliphatic carbocycles. The van der Waals surface area contributed by atoms with Gasteiger partial charge in [0.1, 0.15) is 5.76 Å². The number of nitrogens with zero attached hydrogens (tertiary/aromatic N) is 2. The molecular formula is C14H26N4O2. The summed E-state index contributed by atoms with van der Waals surface area (Å²) in [6.07, 6.45) is 0.431. The van der Waals surface area contributed by atoms with E-state index in [9.17, 15) is 4.79 Å². The molecule has 20 heavy (non-hydrogen) atoms. The zero-order valence-corrected chi connectivity index (χ0v) is 12.9.